The third kappa shape index (κ3) is 3.15. The first kappa shape index (κ1) is 11.3. The highest BCUT2D eigenvalue weighted by Crippen LogP contribution is 2.27. The van der Waals surface area contributed by atoms with Gasteiger partial charge in [0, 0.05) is 19.2 Å². The molecular formula is C7H9F3N4O. The van der Waals surface area contributed by atoms with Crippen molar-refractivity contribution in [2.75, 3.05) is 0 Å². The molecule has 0 aliphatic rings. The maximum atomic E-state index is 12.1. The Morgan fingerprint density at radius 3 is 2.73 bits per heavy atom. The average molecular weight is 222 g/mol. The van der Waals surface area contributed by atoms with Crippen LogP contribution in [0.5, 0.6) is 0 Å². The first-order valence-corrected chi connectivity index (χ1v) is 4.00. The number of rotatable bonds is 3. The molecule has 0 bridgehead atoms. The topological polar surface area (TPSA) is 76.4 Å². The Bertz CT molecular complexity index is 357. The molecule has 3 N–H and O–H groups in total. The number of halogens is 3. The van der Waals surface area contributed by atoms with Crippen LogP contribution >= 0.6 is 0 Å². The van der Waals surface area contributed by atoms with Gasteiger partial charge in [0.1, 0.15) is 5.84 Å². The van der Waals surface area contributed by atoms with Gasteiger partial charge in [-0.05, 0) is 6.07 Å². The summed E-state index contributed by atoms with van der Waals surface area (Å²) in [5, 5.41) is 14.2. The van der Waals surface area contributed by atoms with E-state index in [1.54, 1.807) is 0 Å². The zero-order valence-electron chi connectivity index (χ0n) is 7.57. The number of nitrogens with two attached hydrogens (primary N) is 1. The Morgan fingerprint density at radius 1 is 1.60 bits per heavy atom. The van der Waals surface area contributed by atoms with Gasteiger partial charge in [-0.1, -0.05) is 5.16 Å². The molecule has 0 amide bonds. The number of hydrogen-bond donors (Lipinski definition) is 2. The molecule has 1 rings (SSSR count). The Balaban J connectivity index is 2.62. The van der Waals surface area contributed by atoms with Crippen molar-refractivity contribution in [1.82, 2.24) is 9.78 Å². The quantitative estimate of drug-likeness (QED) is 0.347. The summed E-state index contributed by atoms with van der Waals surface area (Å²) in [5.74, 6) is -0.0564. The van der Waals surface area contributed by atoms with Gasteiger partial charge in [-0.25, -0.2) is 0 Å². The van der Waals surface area contributed by atoms with Crippen LogP contribution in [0.2, 0.25) is 0 Å². The minimum absolute atomic E-state index is 0.0564. The minimum Gasteiger partial charge on any atom is -0.409 e. The summed E-state index contributed by atoms with van der Waals surface area (Å²) in [5.41, 5.74) is 4.19. The van der Waals surface area contributed by atoms with E-state index < -0.39 is 11.9 Å². The van der Waals surface area contributed by atoms with Gasteiger partial charge in [-0.2, -0.15) is 18.3 Å². The van der Waals surface area contributed by atoms with Crippen LogP contribution in [0.1, 0.15) is 12.1 Å². The van der Waals surface area contributed by atoms with Crippen LogP contribution in [-0.2, 0) is 12.7 Å². The van der Waals surface area contributed by atoms with Gasteiger partial charge in [0.15, 0.2) is 5.69 Å². The summed E-state index contributed by atoms with van der Waals surface area (Å²) < 4.78 is 37.4. The predicted octanol–water partition coefficient (Wildman–Crippen LogP) is 1.04. The second-order valence-electron chi connectivity index (χ2n) is 2.80. The number of alkyl halides is 3. The fourth-order valence-electron chi connectivity index (χ4n) is 0.917. The van der Waals surface area contributed by atoms with E-state index >= 15 is 0 Å². The molecule has 0 fully saturated rings. The molecule has 84 valence electrons. The Labute approximate surface area is 83.0 Å². The van der Waals surface area contributed by atoms with Gasteiger partial charge in [0.2, 0.25) is 0 Å². The second kappa shape index (κ2) is 4.20. The zero-order chi connectivity index (χ0) is 11.5. The first-order chi connectivity index (χ1) is 6.93. The lowest BCUT2D eigenvalue weighted by atomic mass is 10.4. The molecule has 0 saturated carbocycles. The van der Waals surface area contributed by atoms with Crippen LogP contribution < -0.4 is 5.73 Å². The van der Waals surface area contributed by atoms with E-state index in [0.29, 0.717) is 0 Å². The zero-order valence-corrected chi connectivity index (χ0v) is 7.57. The summed E-state index contributed by atoms with van der Waals surface area (Å²) in [6, 6.07) is 0.867. The Morgan fingerprint density at radius 2 is 2.27 bits per heavy atom. The highest BCUT2D eigenvalue weighted by atomic mass is 19.4. The molecule has 1 heterocycles. The third-order valence-corrected chi connectivity index (χ3v) is 1.66. The molecule has 5 nitrogen and oxygen atoms in total. The average Bonchev–Trinajstić information content (AvgIpc) is 2.61. The molecule has 0 aliphatic carbocycles. The van der Waals surface area contributed by atoms with Crippen LogP contribution in [0.15, 0.2) is 17.4 Å². The largest absolute Gasteiger partial charge is 0.435 e. The molecule has 0 unspecified atom stereocenters. The second-order valence-corrected chi connectivity index (χ2v) is 2.80. The summed E-state index contributed by atoms with van der Waals surface area (Å²) in [6.07, 6.45) is -3.12. The molecule has 1 aromatic heterocycles. The van der Waals surface area contributed by atoms with E-state index in [-0.39, 0.29) is 18.8 Å². The van der Waals surface area contributed by atoms with Crippen LogP contribution in [-0.4, -0.2) is 20.8 Å². The maximum absolute atomic E-state index is 12.1. The van der Waals surface area contributed by atoms with Crippen molar-refractivity contribution in [1.29, 1.82) is 0 Å². The van der Waals surface area contributed by atoms with E-state index in [2.05, 4.69) is 10.3 Å². The Hall–Kier alpha value is -1.73. The predicted molar refractivity (Wildman–Crippen MR) is 45.3 cm³/mol. The van der Waals surface area contributed by atoms with E-state index in [9.17, 15) is 13.2 Å². The van der Waals surface area contributed by atoms with Gasteiger partial charge < -0.3 is 10.9 Å². The van der Waals surface area contributed by atoms with Crippen molar-refractivity contribution < 1.29 is 18.4 Å². The van der Waals surface area contributed by atoms with Crippen molar-refractivity contribution in [2.24, 2.45) is 10.9 Å². The fraction of sp³-hybridized carbons (Fsp3) is 0.429. The summed E-state index contributed by atoms with van der Waals surface area (Å²) in [7, 11) is 0. The van der Waals surface area contributed by atoms with Crippen molar-refractivity contribution in [2.45, 2.75) is 19.1 Å². The van der Waals surface area contributed by atoms with Crippen LogP contribution in [0.4, 0.5) is 13.2 Å². The molecule has 8 heteroatoms. The van der Waals surface area contributed by atoms with Crippen molar-refractivity contribution in [3.05, 3.63) is 18.0 Å². The molecule has 0 spiro atoms. The van der Waals surface area contributed by atoms with E-state index in [1.807, 2.05) is 0 Å². The number of nitrogens with zero attached hydrogens (tertiary/aromatic N) is 3. The van der Waals surface area contributed by atoms with Gasteiger partial charge in [0.25, 0.3) is 0 Å². The lowest BCUT2D eigenvalue weighted by Gasteiger charge is -2.02. The van der Waals surface area contributed by atoms with Crippen LogP contribution in [0.25, 0.3) is 0 Å². The maximum Gasteiger partial charge on any atom is 0.435 e. The molecular weight excluding hydrogens is 213 g/mol. The van der Waals surface area contributed by atoms with Crippen molar-refractivity contribution in [3.63, 3.8) is 0 Å². The van der Waals surface area contributed by atoms with Gasteiger partial charge in [0.05, 0.1) is 0 Å². The number of aromatic nitrogens is 2. The van der Waals surface area contributed by atoms with Crippen molar-refractivity contribution >= 4 is 5.84 Å². The molecule has 15 heavy (non-hydrogen) atoms. The Kier molecular flexibility index (Phi) is 3.17. The van der Waals surface area contributed by atoms with Crippen molar-refractivity contribution in [3.8, 4) is 0 Å². The lowest BCUT2D eigenvalue weighted by Crippen LogP contribution is -2.15. The molecule has 0 saturated heterocycles. The number of amidine groups is 1. The molecule has 0 atom stereocenters. The number of hydrogen-bond acceptors (Lipinski definition) is 3. The van der Waals surface area contributed by atoms with E-state index in [0.717, 1.165) is 10.7 Å². The summed E-state index contributed by atoms with van der Waals surface area (Å²) >= 11 is 0. The first-order valence-electron chi connectivity index (χ1n) is 4.00. The molecule has 1 aromatic rings. The standard InChI is InChI=1S/C7H9F3N4O/c8-7(9,10)5-1-3-14(12-5)4-2-6(11)13-15/h1,3,15H,2,4H2,(H2,11,13). The summed E-state index contributed by atoms with van der Waals surface area (Å²) in [4.78, 5) is 0. The normalized spacial score (nSPS) is 13.1. The van der Waals surface area contributed by atoms with Gasteiger partial charge in [-0.15, -0.1) is 0 Å². The van der Waals surface area contributed by atoms with E-state index in [4.69, 9.17) is 10.9 Å². The number of aryl methyl sites for hydroxylation is 1. The number of oxime groups is 1. The lowest BCUT2D eigenvalue weighted by molar-refractivity contribution is -0.141. The van der Waals surface area contributed by atoms with Gasteiger partial charge in [-0.3, -0.25) is 4.68 Å². The van der Waals surface area contributed by atoms with Crippen LogP contribution in [0, 0.1) is 0 Å². The van der Waals surface area contributed by atoms with Crippen LogP contribution in [0.3, 0.4) is 0 Å². The molecule has 0 radical (unpaired) electrons. The highest BCUT2D eigenvalue weighted by molar-refractivity contribution is 5.79. The minimum atomic E-state index is -4.44. The molecule has 0 aromatic carbocycles. The summed E-state index contributed by atoms with van der Waals surface area (Å²) in [6.45, 7) is 0.131. The van der Waals surface area contributed by atoms with E-state index in [1.165, 1.54) is 6.20 Å². The third-order valence-electron chi connectivity index (χ3n) is 1.66. The SMILES string of the molecule is NC(CCn1ccc(C(F)(F)F)n1)=NO. The molecule has 0 aliphatic heterocycles. The van der Waals surface area contributed by atoms with Gasteiger partial charge >= 0.3 is 6.18 Å². The highest BCUT2D eigenvalue weighted by Gasteiger charge is 2.33. The smallest absolute Gasteiger partial charge is 0.409 e. The fourth-order valence-corrected chi connectivity index (χ4v) is 0.917. The monoisotopic (exact) mass is 222 g/mol.